The summed E-state index contributed by atoms with van der Waals surface area (Å²) in [5.74, 6) is -0.475. The zero-order chi connectivity index (χ0) is 17.8. The van der Waals surface area contributed by atoms with E-state index in [1.165, 1.54) is 9.80 Å². The van der Waals surface area contributed by atoms with Crippen LogP contribution in [0, 0.1) is 0 Å². The van der Waals surface area contributed by atoms with Crippen molar-refractivity contribution in [3.05, 3.63) is 71.8 Å². The fourth-order valence-corrected chi connectivity index (χ4v) is 3.03. The van der Waals surface area contributed by atoms with Gasteiger partial charge in [0, 0.05) is 25.6 Å². The standard InChI is InChI=1S/C20H20N2O3/c1-21-14-19(24)22(13-15-8-4-2-5-9-15)17(20(21)25)12-18(23)16-10-6-3-7-11-16/h2-11,17H,12-14H2,1H3. The normalized spacial score (nSPS) is 17.7. The highest BCUT2D eigenvalue weighted by molar-refractivity contribution is 6.02. The number of ketones is 1. The van der Waals surface area contributed by atoms with E-state index in [1.54, 1.807) is 31.3 Å². The maximum absolute atomic E-state index is 12.6. The Kier molecular flexibility index (Phi) is 4.93. The van der Waals surface area contributed by atoms with E-state index in [0.29, 0.717) is 12.1 Å². The van der Waals surface area contributed by atoms with Crippen molar-refractivity contribution in [2.24, 2.45) is 0 Å². The first-order valence-electron chi connectivity index (χ1n) is 8.23. The molecule has 1 fully saturated rings. The number of Topliss-reactive ketones (excluding diaryl/α,β-unsaturated/α-hetero) is 1. The molecule has 1 aliphatic heterocycles. The van der Waals surface area contributed by atoms with Crippen LogP contribution in [0.3, 0.4) is 0 Å². The van der Waals surface area contributed by atoms with Crippen LogP contribution in [-0.2, 0) is 16.1 Å². The minimum absolute atomic E-state index is 0.00817. The van der Waals surface area contributed by atoms with E-state index >= 15 is 0 Å². The van der Waals surface area contributed by atoms with Gasteiger partial charge in [-0.1, -0.05) is 60.7 Å². The lowest BCUT2D eigenvalue weighted by Crippen LogP contribution is -2.58. The molecule has 0 aromatic heterocycles. The van der Waals surface area contributed by atoms with Crippen molar-refractivity contribution in [2.75, 3.05) is 13.6 Å². The van der Waals surface area contributed by atoms with Crippen molar-refractivity contribution in [3.63, 3.8) is 0 Å². The molecule has 5 heteroatoms. The summed E-state index contributed by atoms with van der Waals surface area (Å²) in [5, 5.41) is 0. The molecule has 0 saturated carbocycles. The Morgan fingerprint density at radius 1 is 1.00 bits per heavy atom. The molecular weight excluding hydrogens is 316 g/mol. The summed E-state index contributed by atoms with van der Waals surface area (Å²) < 4.78 is 0. The number of carbonyl (C=O) groups excluding carboxylic acids is 3. The molecule has 1 heterocycles. The number of amides is 2. The second kappa shape index (κ2) is 7.30. The van der Waals surface area contributed by atoms with Crippen LogP contribution in [0.2, 0.25) is 0 Å². The van der Waals surface area contributed by atoms with Crippen molar-refractivity contribution in [1.82, 2.24) is 9.80 Å². The molecule has 1 saturated heterocycles. The first-order valence-corrected chi connectivity index (χ1v) is 8.23. The third-order valence-electron chi connectivity index (χ3n) is 4.40. The highest BCUT2D eigenvalue weighted by atomic mass is 16.2. The number of benzene rings is 2. The molecule has 2 aromatic carbocycles. The maximum Gasteiger partial charge on any atom is 0.246 e. The molecule has 5 nitrogen and oxygen atoms in total. The molecule has 2 amide bonds. The molecule has 0 N–H and O–H groups in total. The van der Waals surface area contributed by atoms with Gasteiger partial charge in [0.1, 0.15) is 6.04 Å². The molecule has 128 valence electrons. The van der Waals surface area contributed by atoms with Crippen molar-refractivity contribution in [2.45, 2.75) is 19.0 Å². The number of hydrogen-bond acceptors (Lipinski definition) is 3. The van der Waals surface area contributed by atoms with Crippen molar-refractivity contribution >= 4 is 17.6 Å². The van der Waals surface area contributed by atoms with Crippen molar-refractivity contribution < 1.29 is 14.4 Å². The topological polar surface area (TPSA) is 57.7 Å². The van der Waals surface area contributed by atoms with E-state index in [-0.39, 0.29) is 30.6 Å². The van der Waals surface area contributed by atoms with Gasteiger partial charge in [-0.25, -0.2) is 0 Å². The SMILES string of the molecule is CN1CC(=O)N(Cc2ccccc2)C(CC(=O)c2ccccc2)C1=O. The van der Waals surface area contributed by atoms with Crippen LogP contribution in [0.1, 0.15) is 22.3 Å². The van der Waals surface area contributed by atoms with Gasteiger partial charge < -0.3 is 9.80 Å². The van der Waals surface area contributed by atoms with Gasteiger partial charge in [-0.05, 0) is 5.56 Å². The van der Waals surface area contributed by atoms with E-state index in [2.05, 4.69) is 0 Å². The smallest absolute Gasteiger partial charge is 0.246 e. The zero-order valence-electron chi connectivity index (χ0n) is 14.1. The third-order valence-corrected chi connectivity index (χ3v) is 4.40. The summed E-state index contributed by atoms with van der Waals surface area (Å²) in [7, 11) is 1.60. The number of nitrogens with zero attached hydrogens (tertiary/aromatic N) is 2. The second-order valence-corrected chi connectivity index (χ2v) is 6.21. The molecule has 0 radical (unpaired) electrons. The predicted molar refractivity (Wildman–Crippen MR) is 93.8 cm³/mol. The Morgan fingerprint density at radius 3 is 2.24 bits per heavy atom. The fourth-order valence-electron chi connectivity index (χ4n) is 3.03. The molecule has 0 aliphatic carbocycles. The fraction of sp³-hybridized carbons (Fsp3) is 0.250. The average molecular weight is 336 g/mol. The van der Waals surface area contributed by atoms with Gasteiger partial charge >= 0.3 is 0 Å². The van der Waals surface area contributed by atoms with Crippen molar-refractivity contribution in [1.29, 1.82) is 0 Å². The first kappa shape index (κ1) is 16.9. The van der Waals surface area contributed by atoms with Crippen molar-refractivity contribution in [3.8, 4) is 0 Å². The monoisotopic (exact) mass is 336 g/mol. The van der Waals surface area contributed by atoms with E-state index in [9.17, 15) is 14.4 Å². The predicted octanol–water partition coefficient (Wildman–Crippen LogP) is 2.13. The van der Waals surface area contributed by atoms with Crippen LogP contribution in [0.25, 0.3) is 0 Å². The summed E-state index contributed by atoms with van der Waals surface area (Å²) in [6.07, 6.45) is -0.00817. The van der Waals surface area contributed by atoms with E-state index in [0.717, 1.165) is 5.56 Å². The summed E-state index contributed by atoms with van der Waals surface area (Å²) in [5.41, 5.74) is 1.49. The van der Waals surface area contributed by atoms with Crippen LogP contribution in [0.15, 0.2) is 60.7 Å². The van der Waals surface area contributed by atoms with Gasteiger partial charge in [0.2, 0.25) is 11.8 Å². The molecule has 1 atom stereocenters. The molecule has 1 unspecified atom stereocenters. The lowest BCUT2D eigenvalue weighted by Gasteiger charge is -2.38. The number of likely N-dealkylation sites (N-methyl/N-ethyl adjacent to an activating group) is 1. The Bertz CT molecular complexity index is 774. The quantitative estimate of drug-likeness (QED) is 0.786. The molecule has 1 aliphatic rings. The highest BCUT2D eigenvalue weighted by Gasteiger charge is 2.38. The molecule has 0 bridgehead atoms. The van der Waals surface area contributed by atoms with E-state index < -0.39 is 6.04 Å². The number of carbonyl (C=O) groups is 3. The Balaban J connectivity index is 1.84. The van der Waals surface area contributed by atoms with Crippen LogP contribution < -0.4 is 0 Å². The lowest BCUT2D eigenvalue weighted by molar-refractivity contribution is -0.155. The Hall–Kier alpha value is -2.95. The Labute approximate surface area is 146 Å². The van der Waals surface area contributed by atoms with Gasteiger partial charge in [0.25, 0.3) is 0 Å². The largest absolute Gasteiger partial charge is 0.335 e. The van der Waals surface area contributed by atoms with Gasteiger partial charge in [-0.3, -0.25) is 14.4 Å². The summed E-state index contributed by atoms with van der Waals surface area (Å²) in [6.45, 7) is 0.369. The summed E-state index contributed by atoms with van der Waals surface area (Å²) in [6, 6.07) is 17.6. The minimum atomic E-state index is -0.765. The molecule has 2 aromatic rings. The average Bonchev–Trinajstić information content (AvgIpc) is 2.64. The first-order chi connectivity index (χ1) is 12.1. The number of piperazine rings is 1. The van der Waals surface area contributed by atoms with Gasteiger partial charge in [-0.2, -0.15) is 0 Å². The third kappa shape index (κ3) is 3.76. The van der Waals surface area contributed by atoms with Crippen LogP contribution in [0.5, 0.6) is 0 Å². The molecular formula is C20H20N2O3. The second-order valence-electron chi connectivity index (χ2n) is 6.21. The van der Waals surface area contributed by atoms with Gasteiger partial charge in [0.15, 0.2) is 5.78 Å². The Morgan fingerprint density at radius 2 is 1.60 bits per heavy atom. The summed E-state index contributed by atoms with van der Waals surface area (Å²) in [4.78, 5) is 40.6. The van der Waals surface area contributed by atoms with Gasteiger partial charge in [-0.15, -0.1) is 0 Å². The maximum atomic E-state index is 12.6. The van der Waals surface area contributed by atoms with Gasteiger partial charge in [0.05, 0.1) is 6.54 Å². The number of hydrogen-bond donors (Lipinski definition) is 0. The molecule has 0 spiro atoms. The zero-order valence-corrected chi connectivity index (χ0v) is 14.1. The van der Waals surface area contributed by atoms with Crippen LogP contribution >= 0.6 is 0 Å². The highest BCUT2D eigenvalue weighted by Crippen LogP contribution is 2.20. The number of rotatable bonds is 5. The molecule has 3 rings (SSSR count). The van der Waals surface area contributed by atoms with Crippen LogP contribution in [0.4, 0.5) is 0 Å². The molecule has 25 heavy (non-hydrogen) atoms. The lowest BCUT2D eigenvalue weighted by atomic mass is 9.99. The van der Waals surface area contributed by atoms with Crippen LogP contribution in [-0.4, -0.2) is 47.0 Å². The minimum Gasteiger partial charge on any atom is -0.335 e. The van der Waals surface area contributed by atoms with E-state index in [4.69, 9.17) is 0 Å². The van der Waals surface area contributed by atoms with E-state index in [1.807, 2.05) is 36.4 Å². The summed E-state index contributed by atoms with van der Waals surface area (Å²) >= 11 is 0.